The molecule has 0 unspecified atom stereocenters. The lowest BCUT2D eigenvalue weighted by atomic mass is 9.79. The van der Waals surface area contributed by atoms with Crippen LogP contribution < -0.4 is 20.7 Å². The van der Waals surface area contributed by atoms with Crippen LogP contribution in [-0.4, -0.2) is 72.2 Å². The Labute approximate surface area is 345 Å². The van der Waals surface area contributed by atoms with Crippen LogP contribution in [0.4, 0.5) is 0 Å². The quantitative estimate of drug-likeness (QED) is 0.0505. The Morgan fingerprint density at radius 2 is 1.24 bits per heavy atom. The Bertz CT molecular complexity index is 1850. The molecule has 1 aromatic heterocycles. The smallest absolute Gasteiger partial charge is 0.330 e. The highest BCUT2D eigenvalue weighted by Gasteiger charge is 2.46. The van der Waals surface area contributed by atoms with E-state index in [2.05, 4.69) is 16.8 Å². The summed E-state index contributed by atoms with van der Waals surface area (Å²) in [5.41, 5.74) is -0.335. The molecule has 0 aliphatic carbocycles. The number of benzene rings is 3. The first-order chi connectivity index (χ1) is 28.3. The molecule has 316 valence electrons. The van der Waals surface area contributed by atoms with Gasteiger partial charge < -0.3 is 24.1 Å². The van der Waals surface area contributed by atoms with Crippen molar-refractivity contribution in [3.63, 3.8) is 0 Å². The maximum absolute atomic E-state index is 13.3. The molecule has 3 aromatic carbocycles. The Morgan fingerprint density at radius 1 is 0.741 bits per heavy atom. The number of rotatable bonds is 25. The summed E-state index contributed by atoms with van der Waals surface area (Å²) in [6.07, 6.45) is 18.7. The van der Waals surface area contributed by atoms with E-state index < -0.39 is 28.7 Å². The normalized spacial score (nSPS) is 17.4. The van der Waals surface area contributed by atoms with Gasteiger partial charge in [-0.25, -0.2) is 4.79 Å². The number of aromatic amines is 1. The second-order valence-corrected chi connectivity index (χ2v) is 16.0. The van der Waals surface area contributed by atoms with Gasteiger partial charge in [-0.1, -0.05) is 145 Å². The minimum Gasteiger partial charge on any atom is -0.497 e. The predicted octanol–water partition coefficient (Wildman–Crippen LogP) is 8.91. The Kier molecular flexibility index (Phi) is 17.6. The van der Waals surface area contributed by atoms with Crippen LogP contribution in [0.2, 0.25) is 0 Å². The average molecular weight is 798 g/mol. The fourth-order valence-electron chi connectivity index (χ4n) is 8.23. The van der Waals surface area contributed by atoms with Crippen molar-refractivity contribution < 1.29 is 24.1 Å². The number of ether oxygens (including phenoxy) is 4. The summed E-state index contributed by atoms with van der Waals surface area (Å²) < 4.78 is 26.6. The number of nitrogens with zero attached hydrogens (tertiary/aromatic N) is 2. The molecule has 2 N–H and O–H groups in total. The number of nitrogens with one attached hydrogen (secondary N) is 1. The first kappa shape index (κ1) is 44.9. The van der Waals surface area contributed by atoms with E-state index >= 15 is 0 Å². The monoisotopic (exact) mass is 797 g/mol. The number of H-pyrrole nitrogens is 1. The molecule has 1 fully saturated rings. The SMILES string of the molecule is CCCCCCCCCCCCCCCCN1C[C@H](n2cc(C)c(=O)[nH]c2=O)O[C@](CO)(COC(c2ccccc2)(c2ccc(OC)cc2)c2ccc(OC)cc2)C1. The molecule has 2 atom stereocenters. The molecule has 1 aliphatic heterocycles. The number of aliphatic hydroxyl groups excluding tert-OH is 1. The van der Waals surface area contributed by atoms with Gasteiger partial charge in [-0.15, -0.1) is 0 Å². The third kappa shape index (κ3) is 11.9. The summed E-state index contributed by atoms with van der Waals surface area (Å²) in [7, 11) is 3.28. The minimum absolute atomic E-state index is 0.0146. The fraction of sp³-hybridized carbons (Fsp3) is 0.542. The third-order valence-corrected chi connectivity index (χ3v) is 11.6. The van der Waals surface area contributed by atoms with Gasteiger partial charge in [0.25, 0.3) is 5.56 Å². The number of unbranched alkanes of at least 4 members (excludes halogenated alkanes) is 13. The van der Waals surface area contributed by atoms with E-state index in [1.165, 1.54) is 81.6 Å². The first-order valence-corrected chi connectivity index (χ1v) is 21.6. The van der Waals surface area contributed by atoms with Crippen LogP contribution in [0.15, 0.2) is 94.6 Å². The van der Waals surface area contributed by atoms with Gasteiger partial charge in [0.2, 0.25) is 0 Å². The van der Waals surface area contributed by atoms with Crippen LogP contribution in [0.3, 0.4) is 0 Å². The number of aliphatic hydroxyl groups is 1. The number of aryl methyl sites for hydroxylation is 1. The summed E-state index contributed by atoms with van der Waals surface area (Å²) in [5, 5.41) is 11.3. The molecular weight excluding hydrogens is 731 g/mol. The molecule has 10 heteroatoms. The zero-order valence-electron chi connectivity index (χ0n) is 35.4. The topological polar surface area (TPSA) is 115 Å². The second-order valence-electron chi connectivity index (χ2n) is 16.0. The van der Waals surface area contributed by atoms with Crippen LogP contribution in [0.5, 0.6) is 11.5 Å². The molecule has 5 rings (SSSR count). The average Bonchev–Trinajstić information content (AvgIpc) is 3.26. The number of methoxy groups -OCH3 is 2. The number of morpholine rings is 1. The van der Waals surface area contributed by atoms with Crippen molar-refractivity contribution in [2.75, 3.05) is 47.1 Å². The van der Waals surface area contributed by atoms with Crippen molar-refractivity contribution in [1.29, 1.82) is 0 Å². The van der Waals surface area contributed by atoms with E-state index in [4.69, 9.17) is 18.9 Å². The molecule has 58 heavy (non-hydrogen) atoms. The van der Waals surface area contributed by atoms with Crippen molar-refractivity contribution in [3.05, 3.63) is 128 Å². The van der Waals surface area contributed by atoms with E-state index in [9.17, 15) is 14.7 Å². The summed E-state index contributed by atoms with van der Waals surface area (Å²) in [4.78, 5) is 30.4. The van der Waals surface area contributed by atoms with Crippen LogP contribution in [0.25, 0.3) is 0 Å². The van der Waals surface area contributed by atoms with Gasteiger partial charge >= 0.3 is 5.69 Å². The van der Waals surface area contributed by atoms with Gasteiger partial charge in [-0.3, -0.25) is 19.2 Å². The summed E-state index contributed by atoms with van der Waals surface area (Å²) in [5.74, 6) is 1.43. The zero-order chi connectivity index (χ0) is 41.2. The van der Waals surface area contributed by atoms with Gasteiger partial charge in [0.05, 0.1) is 27.4 Å². The van der Waals surface area contributed by atoms with Crippen molar-refractivity contribution >= 4 is 0 Å². The molecule has 10 nitrogen and oxygen atoms in total. The lowest BCUT2D eigenvalue weighted by Crippen LogP contribution is -2.60. The Hall–Kier alpha value is -4.22. The third-order valence-electron chi connectivity index (χ3n) is 11.6. The summed E-state index contributed by atoms with van der Waals surface area (Å²) in [6, 6.07) is 25.7. The van der Waals surface area contributed by atoms with Crippen LogP contribution in [0.1, 0.15) is 125 Å². The van der Waals surface area contributed by atoms with Gasteiger partial charge in [-0.05, 0) is 60.8 Å². The maximum atomic E-state index is 13.3. The Balaban J connectivity index is 1.35. The molecule has 1 saturated heterocycles. The predicted molar refractivity (Wildman–Crippen MR) is 231 cm³/mol. The largest absolute Gasteiger partial charge is 0.497 e. The molecule has 1 aliphatic rings. The highest BCUT2D eigenvalue weighted by atomic mass is 16.6. The second kappa shape index (κ2) is 22.8. The first-order valence-electron chi connectivity index (χ1n) is 21.6. The minimum atomic E-state index is -1.22. The van der Waals surface area contributed by atoms with Crippen molar-refractivity contribution in [2.45, 2.75) is 121 Å². The van der Waals surface area contributed by atoms with Crippen LogP contribution in [-0.2, 0) is 15.1 Å². The highest BCUT2D eigenvalue weighted by molar-refractivity contribution is 5.49. The van der Waals surface area contributed by atoms with Gasteiger partial charge in [-0.2, -0.15) is 0 Å². The van der Waals surface area contributed by atoms with Crippen LogP contribution >= 0.6 is 0 Å². The molecule has 0 radical (unpaired) electrons. The van der Waals surface area contributed by atoms with Crippen molar-refractivity contribution in [2.24, 2.45) is 0 Å². The van der Waals surface area contributed by atoms with Crippen LogP contribution in [0, 0.1) is 6.92 Å². The van der Waals surface area contributed by atoms with E-state index in [0.29, 0.717) is 30.2 Å². The van der Waals surface area contributed by atoms with Crippen molar-refractivity contribution in [3.8, 4) is 11.5 Å². The van der Waals surface area contributed by atoms with E-state index in [0.717, 1.165) is 36.1 Å². The van der Waals surface area contributed by atoms with Gasteiger partial charge in [0, 0.05) is 24.8 Å². The molecule has 4 aromatic rings. The molecule has 0 bridgehead atoms. The molecule has 2 heterocycles. The lowest BCUT2D eigenvalue weighted by molar-refractivity contribution is -0.230. The number of hydrogen-bond donors (Lipinski definition) is 2. The van der Waals surface area contributed by atoms with Crippen molar-refractivity contribution in [1.82, 2.24) is 14.5 Å². The Morgan fingerprint density at radius 3 is 1.74 bits per heavy atom. The molecule has 0 saturated carbocycles. The lowest BCUT2D eigenvalue weighted by Gasteiger charge is -2.47. The summed E-state index contributed by atoms with van der Waals surface area (Å²) >= 11 is 0. The summed E-state index contributed by atoms with van der Waals surface area (Å²) in [6.45, 7) is 5.16. The zero-order valence-corrected chi connectivity index (χ0v) is 35.4. The molecule has 0 amide bonds. The molecular formula is C48H67N3O7. The standard InChI is InChI=1S/C48H67N3O7/c1-5-6-7-8-9-10-11-12-13-14-15-16-17-21-32-50-34-44(51-33-38(2)45(53)49-46(51)54)58-47(35-50,36-52)37-57-48(39-22-19-18-20-23-39,40-24-28-42(55-3)29-25-40)41-26-30-43(56-4)31-27-41/h18-20,22-31,33,44,52H,5-17,21,32,34-37H2,1-4H3,(H,49,53,54)/t44-,47-/m1/s1. The fourth-order valence-corrected chi connectivity index (χ4v) is 8.23. The van der Waals surface area contributed by atoms with Gasteiger partial charge in [0.15, 0.2) is 6.23 Å². The maximum Gasteiger partial charge on any atom is 0.330 e. The van der Waals surface area contributed by atoms with E-state index in [-0.39, 0.29) is 13.2 Å². The molecule has 0 spiro atoms. The number of aromatic nitrogens is 2. The highest BCUT2D eigenvalue weighted by Crippen LogP contribution is 2.43. The van der Waals surface area contributed by atoms with Gasteiger partial charge in [0.1, 0.15) is 22.7 Å². The number of hydrogen-bond acceptors (Lipinski definition) is 8. The van der Waals surface area contributed by atoms with E-state index in [1.54, 1.807) is 27.3 Å². The van der Waals surface area contributed by atoms with E-state index in [1.807, 2.05) is 78.9 Å².